The number of nitrogens with one attached hydrogen (secondary N) is 1. The lowest BCUT2D eigenvalue weighted by molar-refractivity contribution is -0.116. The molecule has 0 saturated heterocycles. The molecule has 2 amide bonds. The SMILES string of the molecule is CC(=O)N1CCc2cc(C(=O)CCCCc3cc(CCNC(=O)O)c(Cl)cc3O)ccc21. The van der Waals surface area contributed by atoms with E-state index in [0.717, 1.165) is 35.2 Å². The Morgan fingerprint density at radius 2 is 1.88 bits per heavy atom. The van der Waals surface area contributed by atoms with Crippen molar-refractivity contribution in [2.24, 2.45) is 0 Å². The van der Waals surface area contributed by atoms with Gasteiger partial charge in [-0.1, -0.05) is 17.7 Å². The van der Waals surface area contributed by atoms with Crippen molar-refractivity contribution >= 4 is 35.1 Å². The molecule has 170 valence electrons. The highest BCUT2D eigenvalue weighted by molar-refractivity contribution is 6.31. The number of carboxylic acid groups (broad SMARTS) is 1. The fraction of sp³-hybridized carbons (Fsp3) is 0.375. The molecule has 2 aromatic rings. The van der Waals surface area contributed by atoms with E-state index in [2.05, 4.69) is 5.32 Å². The molecule has 0 radical (unpaired) electrons. The lowest BCUT2D eigenvalue weighted by Crippen LogP contribution is -2.25. The van der Waals surface area contributed by atoms with Gasteiger partial charge < -0.3 is 20.4 Å². The van der Waals surface area contributed by atoms with Crippen LogP contribution >= 0.6 is 11.6 Å². The summed E-state index contributed by atoms with van der Waals surface area (Å²) in [5.41, 5.74) is 4.08. The maximum Gasteiger partial charge on any atom is 0.404 e. The number of carbonyl (C=O) groups excluding carboxylic acids is 2. The Labute approximate surface area is 192 Å². The third kappa shape index (κ3) is 5.79. The van der Waals surface area contributed by atoms with Crippen LogP contribution in [-0.4, -0.2) is 41.1 Å². The van der Waals surface area contributed by atoms with Gasteiger partial charge in [0.1, 0.15) is 5.75 Å². The molecule has 0 bridgehead atoms. The van der Waals surface area contributed by atoms with Gasteiger partial charge in [0.2, 0.25) is 5.91 Å². The van der Waals surface area contributed by atoms with E-state index in [1.165, 1.54) is 6.07 Å². The first kappa shape index (κ1) is 23.6. The zero-order valence-corrected chi connectivity index (χ0v) is 18.7. The molecule has 1 heterocycles. The van der Waals surface area contributed by atoms with Crippen LogP contribution in [0.2, 0.25) is 5.02 Å². The van der Waals surface area contributed by atoms with Gasteiger partial charge >= 0.3 is 6.09 Å². The van der Waals surface area contributed by atoms with Crippen LogP contribution in [0.4, 0.5) is 10.5 Å². The summed E-state index contributed by atoms with van der Waals surface area (Å²) < 4.78 is 0. The quantitative estimate of drug-likeness (QED) is 0.382. The first-order valence-electron chi connectivity index (χ1n) is 10.7. The summed E-state index contributed by atoms with van der Waals surface area (Å²) in [6, 6.07) is 8.80. The number of hydrogen-bond acceptors (Lipinski definition) is 4. The molecule has 3 N–H and O–H groups in total. The zero-order chi connectivity index (χ0) is 23.3. The number of unbranched alkanes of at least 4 members (excludes halogenated alkanes) is 1. The van der Waals surface area contributed by atoms with E-state index in [1.54, 1.807) is 24.0 Å². The molecule has 2 aromatic carbocycles. The van der Waals surface area contributed by atoms with Crippen LogP contribution < -0.4 is 10.2 Å². The highest BCUT2D eigenvalue weighted by atomic mass is 35.5. The molecule has 7 nitrogen and oxygen atoms in total. The van der Waals surface area contributed by atoms with Gasteiger partial charge in [-0.05, 0) is 73.1 Å². The first-order valence-corrected chi connectivity index (χ1v) is 11.1. The number of phenolic OH excluding ortho intramolecular Hbond substituents is 1. The minimum Gasteiger partial charge on any atom is -0.508 e. The number of anilines is 1. The molecule has 0 saturated carbocycles. The second-order valence-electron chi connectivity index (χ2n) is 7.95. The van der Waals surface area contributed by atoms with Crippen molar-refractivity contribution in [1.29, 1.82) is 0 Å². The number of benzene rings is 2. The normalized spacial score (nSPS) is 12.5. The summed E-state index contributed by atoms with van der Waals surface area (Å²) >= 11 is 6.15. The van der Waals surface area contributed by atoms with Gasteiger partial charge in [-0.3, -0.25) is 9.59 Å². The van der Waals surface area contributed by atoms with E-state index in [-0.39, 0.29) is 24.0 Å². The van der Waals surface area contributed by atoms with Crippen molar-refractivity contribution in [3.05, 3.63) is 57.6 Å². The van der Waals surface area contributed by atoms with Crippen molar-refractivity contribution in [2.75, 3.05) is 18.0 Å². The summed E-state index contributed by atoms with van der Waals surface area (Å²) in [7, 11) is 0. The van der Waals surface area contributed by atoms with Crippen LogP contribution in [0.1, 0.15) is 53.2 Å². The van der Waals surface area contributed by atoms with Gasteiger partial charge in [0, 0.05) is 42.7 Å². The number of hydrogen-bond donors (Lipinski definition) is 3. The molecular formula is C24H27ClN2O5. The maximum atomic E-state index is 12.6. The summed E-state index contributed by atoms with van der Waals surface area (Å²) in [5, 5.41) is 21.6. The number of amides is 2. The van der Waals surface area contributed by atoms with E-state index >= 15 is 0 Å². The molecule has 0 atom stereocenters. The summed E-state index contributed by atoms with van der Waals surface area (Å²) in [6.45, 7) is 2.43. The highest BCUT2D eigenvalue weighted by Crippen LogP contribution is 2.30. The maximum absolute atomic E-state index is 12.6. The topological polar surface area (TPSA) is 107 Å². The Hall–Kier alpha value is -3.06. The monoisotopic (exact) mass is 458 g/mol. The average molecular weight is 459 g/mol. The molecule has 0 unspecified atom stereocenters. The van der Waals surface area contributed by atoms with Crippen molar-refractivity contribution in [1.82, 2.24) is 5.32 Å². The second kappa shape index (κ2) is 10.5. The van der Waals surface area contributed by atoms with Crippen molar-refractivity contribution < 1.29 is 24.6 Å². The van der Waals surface area contributed by atoms with Crippen molar-refractivity contribution in [3.63, 3.8) is 0 Å². The number of phenols is 1. The van der Waals surface area contributed by atoms with Crippen LogP contribution in [0.15, 0.2) is 30.3 Å². The van der Waals surface area contributed by atoms with Crippen LogP contribution in [-0.2, 0) is 24.1 Å². The molecule has 0 aromatic heterocycles. The zero-order valence-electron chi connectivity index (χ0n) is 18.0. The minimum absolute atomic E-state index is 0.00887. The number of fused-ring (bicyclic) bond motifs is 1. The number of aryl methyl sites for hydroxylation is 1. The van der Waals surface area contributed by atoms with Crippen LogP contribution in [0.3, 0.4) is 0 Å². The number of Topliss-reactive ketones (excluding diaryl/α,β-unsaturated/α-hetero) is 1. The first-order chi connectivity index (χ1) is 15.3. The summed E-state index contributed by atoms with van der Waals surface area (Å²) in [4.78, 5) is 36.6. The van der Waals surface area contributed by atoms with Crippen LogP contribution in [0.5, 0.6) is 5.75 Å². The predicted octanol–water partition coefficient (Wildman–Crippen LogP) is 4.36. The van der Waals surface area contributed by atoms with Crippen LogP contribution in [0, 0.1) is 0 Å². The Morgan fingerprint density at radius 3 is 2.59 bits per heavy atom. The summed E-state index contributed by atoms with van der Waals surface area (Å²) in [6.07, 6.45) is 2.48. The minimum atomic E-state index is -1.09. The molecule has 0 fully saturated rings. The number of carbonyl (C=O) groups is 3. The molecule has 0 spiro atoms. The standard InChI is InChI=1S/C24H27ClN2O5/c1-15(28)27-11-9-17-13-19(6-7-21(17)27)22(29)5-3-2-4-18-12-16(8-10-26-24(31)32)20(25)14-23(18)30/h6-7,12-14,26,30H,2-5,8-11H2,1H3,(H,31,32). The molecule has 0 aliphatic carbocycles. The molecule has 8 heteroatoms. The smallest absolute Gasteiger partial charge is 0.404 e. The molecule has 32 heavy (non-hydrogen) atoms. The van der Waals surface area contributed by atoms with Crippen LogP contribution in [0.25, 0.3) is 0 Å². The Kier molecular flexibility index (Phi) is 7.75. The van der Waals surface area contributed by atoms with E-state index in [4.69, 9.17) is 16.7 Å². The van der Waals surface area contributed by atoms with E-state index in [0.29, 0.717) is 42.8 Å². The molecule has 3 rings (SSSR count). The Morgan fingerprint density at radius 1 is 1.09 bits per heavy atom. The van der Waals surface area contributed by atoms with Gasteiger partial charge in [0.05, 0.1) is 0 Å². The number of nitrogens with zero attached hydrogens (tertiary/aromatic N) is 1. The van der Waals surface area contributed by atoms with E-state index < -0.39 is 6.09 Å². The Bertz CT molecular complexity index is 1040. The molecule has 1 aliphatic rings. The van der Waals surface area contributed by atoms with Gasteiger partial charge in [-0.15, -0.1) is 0 Å². The predicted molar refractivity (Wildman–Crippen MR) is 123 cm³/mol. The lowest BCUT2D eigenvalue weighted by Gasteiger charge is -2.14. The van der Waals surface area contributed by atoms with E-state index in [9.17, 15) is 19.5 Å². The second-order valence-corrected chi connectivity index (χ2v) is 8.36. The van der Waals surface area contributed by atoms with Gasteiger partial charge in [-0.2, -0.15) is 0 Å². The third-order valence-corrected chi connectivity index (χ3v) is 6.05. The number of aromatic hydroxyl groups is 1. The van der Waals surface area contributed by atoms with Gasteiger partial charge in [0.25, 0.3) is 0 Å². The van der Waals surface area contributed by atoms with E-state index in [1.807, 2.05) is 12.1 Å². The number of rotatable bonds is 9. The van der Waals surface area contributed by atoms with Crippen molar-refractivity contribution in [3.8, 4) is 5.75 Å². The van der Waals surface area contributed by atoms with Gasteiger partial charge in [-0.25, -0.2) is 4.79 Å². The third-order valence-electron chi connectivity index (χ3n) is 5.70. The molecule has 1 aliphatic heterocycles. The lowest BCUT2D eigenvalue weighted by atomic mass is 9.99. The number of ketones is 1. The molecular weight excluding hydrogens is 432 g/mol. The largest absolute Gasteiger partial charge is 0.508 e. The number of halogens is 1. The summed E-state index contributed by atoms with van der Waals surface area (Å²) in [5.74, 6) is 0.175. The van der Waals surface area contributed by atoms with Gasteiger partial charge in [0.15, 0.2) is 5.78 Å². The Balaban J connectivity index is 1.52. The highest BCUT2D eigenvalue weighted by Gasteiger charge is 2.23. The fourth-order valence-corrected chi connectivity index (χ4v) is 4.25. The van der Waals surface area contributed by atoms with Crippen molar-refractivity contribution in [2.45, 2.75) is 45.4 Å². The fourth-order valence-electron chi connectivity index (χ4n) is 4.00. The average Bonchev–Trinajstić information content (AvgIpc) is 3.17.